The Bertz CT molecular complexity index is 384. The topological polar surface area (TPSA) is 70.1 Å². The molecule has 0 fully saturated rings. The van der Waals surface area contributed by atoms with Crippen molar-refractivity contribution in [1.29, 1.82) is 0 Å². The molecule has 0 bridgehead atoms. The molecule has 0 saturated heterocycles. The average Bonchev–Trinajstić information content (AvgIpc) is 2.35. The summed E-state index contributed by atoms with van der Waals surface area (Å²) in [5.41, 5.74) is 0.678. The van der Waals surface area contributed by atoms with Gasteiger partial charge in [0.2, 0.25) is 0 Å². The molecule has 1 aromatic heterocycles. The van der Waals surface area contributed by atoms with Crippen molar-refractivity contribution >= 4 is 23.1 Å². The van der Waals surface area contributed by atoms with Gasteiger partial charge in [-0.1, -0.05) is 25.4 Å². The summed E-state index contributed by atoms with van der Waals surface area (Å²) in [6.45, 7) is 5.08. The van der Waals surface area contributed by atoms with Crippen LogP contribution in [0.25, 0.3) is 0 Å². The number of aromatic nitrogens is 2. The molecule has 0 radical (unpaired) electrons. The largest absolute Gasteiger partial charge is 0.396 e. The third-order valence-corrected chi connectivity index (χ3v) is 3.09. The summed E-state index contributed by atoms with van der Waals surface area (Å²) in [7, 11) is 1.78. The number of hydrogen-bond donors (Lipinski definition) is 3. The monoisotopic (exact) mass is 272 g/mol. The van der Waals surface area contributed by atoms with Crippen molar-refractivity contribution in [3.8, 4) is 0 Å². The van der Waals surface area contributed by atoms with E-state index >= 15 is 0 Å². The lowest BCUT2D eigenvalue weighted by molar-refractivity contribution is 0.149. The molecule has 1 heterocycles. The summed E-state index contributed by atoms with van der Waals surface area (Å²) in [5, 5.41) is 15.8. The van der Waals surface area contributed by atoms with Crippen LogP contribution in [0.3, 0.4) is 0 Å². The summed E-state index contributed by atoms with van der Waals surface area (Å²) in [5.74, 6) is 0.708. The maximum absolute atomic E-state index is 9.16. The summed E-state index contributed by atoms with van der Waals surface area (Å²) in [4.78, 5) is 8.06. The molecule has 0 aromatic carbocycles. The zero-order valence-corrected chi connectivity index (χ0v) is 11.9. The number of nitrogens with zero attached hydrogens (tertiary/aromatic N) is 2. The Balaban J connectivity index is 2.47. The average molecular weight is 273 g/mol. The number of rotatable bonds is 7. The van der Waals surface area contributed by atoms with E-state index in [-0.39, 0.29) is 12.0 Å². The van der Waals surface area contributed by atoms with Crippen LogP contribution >= 0.6 is 11.6 Å². The maximum Gasteiger partial charge on any atom is 0.157 e. The van der Waals surface area contributed by atoms with Gasteiger partial charge in [-0.15, -0.1) is 0 Å². The number of anilines is 2. The first-order valence-electron chi connectivity index (χ1n) is 6.03. The highest BCUT2D eigenvalue weighted by Crippen LogP contribution is 2.26. The van der Waals surface area contributed by atoms with E-state index in [0.717, 1.165) is 19.4 Å². The van der Waals surface area contributed by atoms with Crippen molar-refractivity contribution in [3.63, 3.8) is 0 Å². The number of hydrogen-bond acceptors (Lipinski definition) is 5. The molecule has 0 aliphatic heterocycles. The van der Waals surface area contributed by atoms with Crippen molar-refractivity contribution in [1.82, 2.24) is 9.97 Å². The minimum absolute atomic E-state index is 0.0309. The fourth-order valence-electron chi connectivity index (χ4n) is 1.57. The molecule has 18 heavy (non-hydrogen) atoms. The quantitative estimate of drug-likeness (QED) is 0.525. The lowest BCUT2D eigenvalue weighted by Crippen LogP contribution is -2.18. The lowest BCUT2D eigenvalue weighted by atomic mass is 9.89. The summed E-state index contributed by atoms with van der Waals surface area (Å²) < 4.78 is 0. The van der Waals surface area contributed by atoms with Crippen LogP contribution in [-0.4, -0.2) is 35.3 Å². The van der Waals surface area contributed by atoms with E-state index in [1.165, 1.54) is 6.33 Å². The Morgan fingerprint density at radius 2 is 2.11 bits per heavy atom. The van der Waals surface area contributed by atoms with Gasteiger partial charge < -0.3 is 15.7 Å². The summed E-state index contributed by atoms with van der Waals surface area (Å²) >= 11 is 5.95. The SMILES string of the molecule is CNc1c(Cl)ncnc1NCCCC(C)(C)CO. The van der Waals surface area contributed by atoms with Gasteiger partial charge >= 0.3 is 0 Å². The van der Waals surface area contributed by atoms with Gasteiger partial charge in [0.15, 0.2) is 11.0 Å². The minimum Gasteiger partial charge on any atom is -0.396 e. The molecule has 0 unspecified atom stereocenters. The van der Waals surface area contributed by atoms with Crippen LogP contribution in [0.2, 0.25) is 5.15 Å². The van der Waals surface area contributed by atoms with Crippen LogP contribution in [0.5, 0.6) is 0 Å². The van der Waals surface area contributed by atoms with Gasteiger partial charge in [0.1, 0.15) is 12.0 Å². The van der Waals surface area contributed by atoms with Crippen molar-refractivity contribution in [3.05, 3.63) is 11.5 Å². The van der Waals surface area contributed by atoms with Gasteiger partial charge in [0.05, 0.1) is 0 Å². The van der Waals surface area contributed by atoms with Gasteiger partial charge in [-0.25, -0.2) is 9.97 Å². The fourth-order valence-corrected chi connectivity index (χ4v) is 1.80. The third-order valence-electron chi connectivity index (χ3n) is 2.80. The molecule has 0 amide bonds. The van der Waals surface area contributed by atoms with E-state index in [2.05, 4.69) is 20.6 Å². The molecule has 0 aliphatic carbocycles. The Labute approximate surface area is 113 Å². The highest BCUT2D eigenvalue weighted by molar-refractivity contribution is 6.32. The summed E-state index contributed by atoms with van der Waals surface area (Å²) in [6, 6.07) is 0. The molecule has 3 N–H and O–H groups in total. The van der Waals surface area contributed by atoms with Gasteiger partial charge in [0, 0.05) is 20.2 Å². The van der Waals surface area contributed by atoms with Gasteiger partial charge in [-0.2, -0.15) is 0 Å². The first kappa shape index (κ1) is 15.0. The summed E-state index contributed by atoms with van der Waals surface area (Å²) in [6.07, 6.45) is 3.34. The highest BCUT2D eigenvalue weighted by Gasteiger charge is 2.15. The van der Waals surface area contributed by atoms with Crippen LogP contribution in [0.15, 0.2) is 6.33 Å². The van der Waals surface area contributed by atoms with E-state index in [1.807, 2.05) is 13.8 Å². The third kappa shape index (κ3) is 4.31. The van der Waals surface area contributed by atoms with E-state index in [1.54, 1.807) is 7.05 Å². The molecule has 1 rings (SSSR count). The van der Waals surface area contributed by atoms with Crippen LogP contribution in [-0.2, 0) is 0 Å². The molecule has 1 aromatic rings. The molecule has 5 nitrogen and oxygen atoms in total. The van der Waals surface area contributed by atoms with Crippen molar-refractivity contribution in [2.75, 3.05) is 30.8 Å². The Hall–Kier alpha value is -1.07. The van der Waals surface area contributed by atoms with Crippen molar-refractivity contribution < 1.29 is 5.11 Å². The van der Waals surface area contributed by atoms with Crippen LogP contribution < -0.4 is 10.6 Å². The van der Waals surface area contributed by atoms with E-state index in [9.17, 15) is 0 Å². The number of aliphatic hydroxyl groups is 1. The molecule has 0 spiro atoms. The molecular weight excluding hydrogens is 252 g/mol. The number of aliphatic hydroxyl groups excluding tert-OH is 1. The smallest absolute Gasteiger partial charge is 0.157 e. The van der Waals surface area contributed by atoms with Crippen molar-refractivity contribution in [2.45, 2.75) is 26.7 Å². The van der Waals surface area contributed by atoms with Crippen molar-refractivity contribution in [2.24, 2.45) is 5.41 Å². The first-order chi connectivity index (χ1) is 8.50. The second kappa shape index (κ2) is 6.75. The predicted molar refractivity (Wildman–Crippen MR) is 75.2 cm³/mol. The van der Waals surface area contributed by atoms with E-state index in [0.29, 0.717) is 16.7 Å². The Morgan fingerprint density at radius 1 is 1.39 bits per heavy atom. The first-order valence-corrected chi connectivity index (χ1v) is 6.41. The minimum atomic E-state index is -0.0309. The lowest BCUT2D eigenvalue weighted by Gasteiger charge is -2.21. The van der Waals surface area contributed by atoms with Gasteiger partial charge in [-0.3, -0.25) is 0 Å². The molecule has 102 valence electrons. The molecule has 0 aliphatic rings. The van der Waals surface area contributed by atoms with Gasteiger partial charge in [0.25, 0.3) is 0 Å². The predicted octanol–water partition coefficient (Wildman–Crippen LogP) is 2.38. The van der Waals surface area contributed by atoms with Crippen LogP contribution in [0.1, 0.15) is 26.7 Å². The van der Waals surface area contributed by atoms with Crippen LogP contribution in [0.4, 0.5) is 11.5 Å². The second-order valence-corrected chi connectivity index (χ2v) is 5.35. The second-order valence-electron chi connectivity index (χ2n) is 4.99. The Morgan fingerprint density at radius 3 is 2.72 bits per heavy atom. The zero-order valence-electron chi connectivity index (χ0n) is 11.1. The molecule has 6 heteroatoms. The fraction of sp³-hybridized carbons (Fsp3) is 0.667. The highest BCUT2D eigenvalue weighted by atomic mass is 35.5. The number of nitrogens with one attached hydrogen (secondary N) is 2. The normalized spacial score (nSPS) is 11.4. The maximum atomic E-state index is 9.16. The molecular formula is C12H21ClN4O. The zero-order chi connectivity index (χ0) is 13.6. The standard InChI is InChI=1S/C12H21ClN4O/c1-12(2,7-18)5-4-6-15-11-9(14-3)10(13)16-8-17-11/h8,14,18H,4-7H2,1-3H3,(H,15,16,17). The molecule has 0 atom stereocenters. The number of halogens is 1. The van der Waals surface area contributed by atoms with Gasteiger partial charge in [-0.05, 0) is 18.3 Å². The molecule has 0 saturated carbocycles. The van der Waals surface area contributed by atoms with E-state index < -0.39 is 0 Å². The van der Waals surface area contributed by atoms with Crippen LogP contribution in [0, 0.1) is 5.41 Å². The van der Waals surface area contributed by atoms with E-state index in [4.69, 9.17) is 16.7 Å². The Kier molecular flexibility index (Phi) is 5.62.